The lowest BCUT2D eigenvalue weighted by Crippen LogP contribution is -2.12. The SMILES string of the molecule is O=C(Nc1ccc(-n2cc(CO)nn2)cc1)c1ccc2c(c1)CCC2. The molecule has 25 heavy (non-hydrogen) atoms. The summed E-state index contributed by atoms with van der Waals surface area (Å²) >= 11 is 0. The summed E-state index contributed by atoms with van der Waals surface area (Å²) in [5.41, 5.74) is 5.37. The number of hydrogen-bond donors (Lipinski definition) is 2. The Bertz CT molecular complexity index is 915. The molecule has 0 saturated carbocycles. The van der Waals surface area contributed by atoms with E-state index in [0.29, 0.717) is 11.3 Å². The second kappa shape index (κ2) is 6.49. The van der Waals surface area contributed by atoms with Crippen LogP contribution in [0.4, 0.5) is 5.69 Å². The summed E-state index contributed by atoms with van der Waals surface area (Å²) in [6, 6.07) is 13.3. The first-order chi connectivity index (χ1) is 12.2. The third-order valence-electron chi connectivity index (χ3n) is 4.45. The molecule has 4 rings (SSSR count). The maximum atomic E-state index is 12.4. The summed E-state index contributed by atoms with van der Waals surface area (Å²) in [5, 5.41) is 19.8. The predicted octanol–water partition coefficient (Wildman–Crippen LogP) is 2.50. The van der Waals surface area contributed by atoms with E-state index in [-0.39, 0.29) is 12.5 Å². The Morgan fingerprint density at radius 1 is 1.12 bits per heavy atom. The summed E-state index contributed by atoms with van der Waals surface area (Å²) < 4.78 is 1.58. The molecule has 2 N–H and O–H groups in total. The molecule has 0 bridgehead atoms. The number of fused-ring (bicyclic) bond motifs is 1. The Balaban J connectivity index is 1.48. The van der Waals surface area contributed by atoms with Crippen LogP contribution >= 0.6 is 0 Å². The van der Waals surface area contributed by atoms with Crippen LogP contribution in [0.3, 0.4) is 0 Å². The zero-order valence-corrected chi connectivity index (χ0v) is 13.6. The standard InChI is InChI=1S/C19H18N4O2/c24-12-17-11-23(22-21-17)18-8-6-16(7-9-18)20-19(25)15-5-4-13-2-1-3-14(13)10-15/h4-11,24H,1-3,12H2,(H,20,25). The van der Waals surface area contributed by atoms with Crippen molar-refractivity contribution in [2.75, 3.05) is 5.32 Å². The molecule has 1 amide bonds. The van der Waals surface area contributed by atoms with E-state index < -0.39 is 0 Å². The molecule has 6 heteroatoms. The highest BCUT2D eigenvalue weighted by Crippen LogP contribution is 2.23. The van der Waals surface area contributed by atoms with E-state index in [1.54, 1.807) is 10.9 Å². The van der Waals surface area contributed by atoms with Crippen LogP contribution in [0.25, 0.3) is 5.69 Å². The molecule has 0 radical (unpaired) electrons. The first kappa shape index (κ1) is 15.5. The van der Waals surface area contributed by atoms with Crippen LogP contribution in [0.15, 0.2) is 48.7 Å². The van der Waals surface area contributed by atoms with E-state index in [1.807, 2.05) is 36.4 Å². The van der Waals surface area contributed by atoms with E-state index in [2.05, 4.69) is 21.7 Å². The van der Waals surface area contributed by atoms with E-state index >= 15 is 0 Å². The van der Waals surface area contributed by atoms with Crippen molar-refractivity contribution in [3.63, 3.8) is 0 Å². The highest BCUT2D eigenvalue weighted by molar-refractivity contribution is 6.04. The third kappa shape index (κ3) is 3.16. The lowest BCUT2D eigenvalue weighted by molar-refractivity contribution is 0.102. The van der Waals surface area contributed by atoms with Crippen molar-refractivity contribution in [2.24, 2.45) is 0 Å². The second-order valence-corrected chi connectivity index (χ2v) is 6.15. The van der Waals surface area contributed by atoms with Gasteiger partial charge in [-0.25, -0.2) is 4.68 Å². The number of nitrogens with zero attached hydrogens (tertiary/aromatic N) is 3. The van der Waals surface area contributed by atoms with Gasteiger partial charge < -0.3 is 10.4 Å². The van der Waals surface area contributed by atoms with Gasteiger partial charge in [0.25, 0.3) is 5.91 Å². The maximum absolute atomic E-state index is 12.4. The van der Waals surface area contributed by atoms with E-state index in [9.17, 15) is 4.79 Å². The number of amides is 1. The van der Waals surface area contributed by atoms with Gasteiger partial charge in [0.2, 0.25) is 0 Å². The van der Waals surface area contributed by atoms with Crippen LogP contribution in [0.2, 0.25) is 0 Å². The van der Waals surface area contributed by atoms with Crippen molar-refractivity contribution in [3.8, 4) is 5.69 Å². The molecule has 1 heterocycles. The van der Waals surface area contributed by atoms with Gasteiger partial charge in [0.1, 0.15) is 5.69 Å². The van der Waals surface area contributed by atoms with Crippen LogP contribution < -0.4 is 5.32 Å². The Morgan fingerprint density at radius 2 is 1.92 bits per heavy atom. The lowest BCUT2D eigenvalue weighted by atomic mass is 10.1. The van der Waals surface area contributed by atoms with E-state index in [1.165, 1.54) is 17.5 Å². The minimum absolute atomic E-state index is 0.106. The highest BCUT2D eigenvalue weighted by Gasteiger charge is 2.14. The van der Waals surface area contributed by atoms with Gasteiger partial charge in [0, 0.05) is 11.3 Å². The first-order valence-electron chi connectivity index (χ1n) is 8.28. The van der Waals surface area contributed by atoms with Crippen molar-refractivity contribution in [2.45, 2.75) is 25.9 Å². The van der Waals surface area contributed by atoms with Gasteiger partial charge in [-0.15, -0.1) is 5.10 Å². The number of aliphatic hydroxyl groups excluding tert-OH is 1. The van der Waals surface area contributed by atoms with Crippen molar-refractivity contribution in [1.29, 1.82) is 0 Å². The number of aromatic nitrogens is 3. The van der Waals surface area contributed by atoms with Gasteiger partial charge in [0.05, 0.1) is 18.5 Å². The molecule has 6 nitrogen and oxygen atoms in total. The fraction of sp³-hybridized carbons (Fsp3) is 0.211. The number of rotatable bonds is 4. The summed E-state index contributed by atoms with van der Waals surface area (Å²) in [6.07, 6.45) is 5.00. The number of hydrogen-bond acceptors (Lipinski definition) is 4. The minimum Gasteiger partial charge on any atom is -0.390 e. The van der Waals surface area contributed by atoms with Gasteiger partial charge in [-0.05, 0) is 66.8 Å². The molecule has 1 aliphatic rings. The third-order valence-corrected chi connectivity index (χ3v) is 4.45. The van der Waals surface area contributed by atoms with Gasteiger partial charge >= 0.3 is 0 Å². The molecule has 1 aromatic heterocycles. The number of aryl methyl sites for hydroxylation is 2. The first-order valence-corrected chi connectivity index (χ1v) is 8.28. The molecule has 0 unspecified atom stereocenters. The molecule has 0 aliphatic heterocycles. The average Bonchev–Trinajstić information content (AvgIpc) is 3.30. The second-order valence-electron chi connectivity index (χ2n) is 6.15. The normalized spacial score (nSPS) is 12.8. The lowest BCUT2D eigenvalue weighted by Gasteiger charge is -2.08. The smallest absolute Gasteiger partial charge is 0.255 e. The molecular weight excluding hydrogens is 316 g/mol. The Morgan fingerprint density at radius 3 is 2.68 bits per heavy atom. The van der Waals surface area contributed by atoms with Gasteiger partial charge in [-0.2, -0.15) is 0 Å². The average molecular weight is 334 g/mol. The molecule has 0 atom stereocenters. The number of carbonyl (C=O) groups excluding carboxylic acids is 1. The molecule has 0 fully saturated rings. The van der Waals surface area contributed by atoms with Crippen LogP contribution in [0.5, 0.6) is 0 Å². The summed E-state index contributed by atoms with van der Waals surface area (Å²) in [7, 11) is 0. The van der Waals surface area contributed by atoms with Gasteiger partial charge in [0.15, 0.2) is 0 Å². The Labute approximate surface area is 145 Å². The fourth-order valence-corrected chi connectivity index (χ4v) is 3.11. The van der Waals surface area contributed by atoms with Crippen LogP contribution in [0.1, 0.15) is 33.6 Å². The number of anilines is 1. The summed E-state index contributed by atoms with van der Waals surface area (Å²) in [4.78, 5) is 12.4. The van der Waals surface area contributed by atoms with Gasteiger partial charge in [-0.3, -0.25) is 4.79 Å². The van der Waals surface area contributed by atoms with E-state index in [0.717, 1.165) is 24.2 Å². The zero-order chi connectivity index (χ0) is 17.2. The molecule has 3 aromatic rings. The Hall–Kier alpha value is -2.99. The number of aliphatic hydroxyl groups is 1. The van der Waals surface area contributed by atoms with E-state index in [4.69, 9.17) is 5.11 Å². The number of benzene rings is 2. The van der Waals surface area contributed by atoms with Crippen molar-refractivity contribution in [3.05, 3.63) is 71.0 Å². The monoisotopic (exact) mass is 334 g/mol. The topological polar surface area (TPSA) is 80.0 Å². The molecule has 126 valence electrons. The predicted molar refractivity (Wildman–Crippen MR) is 93.7 cm³/mol. The van der Waals surface area contributed by atoms with Crippen LogP contribution in [0, 0.1) is 0 Å². The molecule has 0 spiro atoms. The number of nitrogens with one attached hydrogen (secondary N) is 1. The van der Waals surface area contributed by atoms with Crippen molar-refractivity contribution < 1.29 is 9.90 Å². The number of carbonyl (C=O) groups is 1. The van der Waals surface area contributed by atoms with Crippen molar-refractivity contribution >= 4 is 11.6 Å². The van der Waals surface area contributed by atoms with Crippen LogP contribution in [-0.2, 0) is 19.4 Å². The summed E-state index contributed by atoms with van der Waals surface area (Å²) in [6.45, 7) is -0.144. The quantitative estimate of drug-likeness (QED) is 0.768. The minimum atomic E-state index is -0.144. The molecule has 2 aromatic carbocycles. The molecular formula is C19H18N4O2. The molecule has 0 saturated heterocycles. The highest BCUT2D eigenvalue weighted by atomic mass is 16.3. The maximum Gasteiger partial charge on any atom is 0.255 e. The summed E-state index contributed by atoms with van der Waals surface area (Å²) in [5.74, 6) is -0.106. The zero-order valence-electron chi connectivity index (χ0n) is 13.6. The van der Waals surface area contributed by atoms with Crippen LogP contribution in [-0.4, -0.2) is 26.0 Å². The fourth-order valence-electron chi connectivity index (χ4n) is 3.11. The molecule has 1 aliphatic carbocycles. The largest absolute Gasteiger partial charge is 0.390 e. The van der Waals surface area contributed by atoms with Gasteiger partial charge in [-0.1, -0.05) is 11.3 Å². The Kier molecular flexibility index (Phi) is 4.03. The van der Waals surface area contributed by atoms with Crippen molar-refractivity contribution in [1.82, 2.24) is 15.0 Å².